The molecule has 0 saturated carbocycles. The second-order valence-corrected chi connectivity index (χ2v) is 6.67. The van der Waals surface area contributed by atoms with Gasteiger partial charge in [-0.3, -0.25) is 4.79 Å². The lowest BCUT2D eigenvalue weighted by Gasteiger charge is -2.05. The number of hydrogen-bond donors (Lipinski definition) is 1. The zero-order valence-corrected chi connectivity index (χ0v) is 16.6. The van der Waals surface area contributed by atoms with E-state index in [1.807, 2.05) is 38.1 Å². The van der Waals surface area contributed by atoms with E-state index in [0.29, 0.717) is 17.1 Å². The molecule has 0 aliphatic rings. The Kier molecular flexibility index (Phi) is 6.24. The maximum Gasteiger partial charge on any atom is 0.337 e. The summed E-state index contributed by atoms with van der Waals surface area (Å²) in [6.07, 6.45) is 1.70. The molecular formula is C23H22N2O4. The van der Waals surface area contributed by atoms with Crippen molar-refractivity contribution in [2.24, 2.45) is 5.10 Å². The fraction of sp³-hybridized carbons (Fsp3) is 0.174. The van der Waals surface area contributed by atoms with Crippen LogP contribution in [0, 0.1) is 13.8 Å². The monoisotopic (exact) mass is 390 g/mol. The molecule has 1 N–H and O–H groups in total. The number of hydrazone groups is 1. The van der Waals surface area contributed by atoms with E-state index >= 15 is 0 Å². The van der Waals surface area contributed by atoms with Crippen LogP contribution in [0.15, 0.2) is 64.1 Å². The maximum absolute atomic E-state index is 12.1. The van der Waals surface area contributed by atoms with Gasteiger partial charge in [-0.15, -0.1) is 0 Å². The van der Waals surface area contributed by atoms with Gasteiger partial charge in [0.2, 0.25) is 5.91 Å². The number of amides is 1. The SMILES string of the molecule is COC(=O)c1cccc(-c2ccc(/C=N\NC(=O)Cc3ccc(C)cc3C)o2)c1. The van der Waals surface area contributed by atoms with Gasteiger partial charge in [-0.1, -0.05) is 35.9 Å². The first kappa shape index (κ1) is 20.1. The topological polar surface area (TPSA) is 80.9 Å². The van der Waals surface area contributed by atoms with Crippen LogP contribution in [-0.2, 0) is 16.0 Å². The Morgan fingerprint density at radius 3 is 2.69 bits per heavy atom. The quantitative estimate of drug-likeness (QED) is 0.391. The minimum absolute atomic E-state index is 0.203. The van der Waals surface area contributed by atoms with Crippen LogP contribution in [0.1, 0.15) is 32.8 Å². The second-order valence-electron chi connectivity index (χ2n) is 6.67. The van der Waals surface area contributed by atoms with E-state index < -0.39 is 5.97 Å². The number of nitrogens with one attached hydrogen (secondary N) is 1. The molecule has 2 aromatic carbocycles. The largest absolute Gasteiger partial charge is 0.465 e. The number of benzene rings is 2. The van der Waals surface area contributed by atoms with Crippen molar-refractivity contribution >= 4 is 18.1 Å². The summed E-state index contributed by atoms with van der Waals surface area (Å²) in [5.74, 6) is 0.451. The number of nitrogens with zero attached hydrogens (tertiary/aromatic N) is 1. The molecule has 0 spiro atoms. The van der Waals surface area contributed by atoms with Crippen LogP contribution in [0.2, 0.25) is 0 Å². The number of carbonyl (C=O) groups is 2. The van der Waals surface area contributed by atoms with E-state index in [2.05, 4.69) is 10.5 Å². The third-order valence-corrected chi connectivity index (χ3v) is 4.43. The highest BCUT2D eigenvalue weighted by Crippen LogP contribution is 2.23. The van der Waals surface area contributed by atoms with E-state index in [-0.39, 0.29) is 12.3 Å². The van der Waals surface area contributed by atoms with Gasteiger partial charge in [-0.05, 0) is 49.2 Å². The molecule has 0 aliphatic carbocycles. The minimum atomic E-state index is -0.410. The van der Waals surface area contributed by atoms with Gasteiger partial charge in [0.05, 0.1) is 25.3 Å². The van der Waals surface area contributed by atoms with Crippen molar-refractivity contribution in [3.63, 3.8) is 0 Å². The molecule has 6 heteroatoms. The number of aryl methyl sites for hydroxylation is 2. The van der Waals surface area contributed by atoms with Crippen molar-refractivity contribution in [3.05, 3.63) is 82.6 Å². The van der Waals surface area contributed by atoms with E-state index in [0.717, 1.165) is 22.3 Å². The molecule has 1 aromatic heterocycles. The van der Waals surface area contributed by atoms with Crippen molar-refractivity contribution in [3.8, 4) is 11.3 Å². The highest BCUT2D eigenvalue weighted by molar-refractivity contribution is 5.90. The van der Waals surface area contributed by atoms with Crippen molar-refractivity contribution in [1.29, 1.82) is 0 Å². The first-order chi connectivity index (χ1) is 14.0. The molecule has 148 valence electrons. The van der Waals surface area contributed by atoms with Gasteiger partial charge in [0.15, 0.2) is 0 Å². The van der Waals surface area contributed by atoms with Crippen molar-refractivity contribution in [2.45, 2.75) is 20.3 Å². The predicted molar refractivity (Wildman–Crippen MR) is 111 cm³/mol. The zero-order valence-electron chi connectivity index (χ0n) is 16.6. The first-order valence-electron chi connectivity index (χ1n) is 9.13. The zero-order chi connectivity index (χ0) is 20.8. The summed E-state index contributed by atoms with van der Waals surface area (Å²) in [6, 6.07) is 16.4. The Morgan fingerprint density at radius 1 is 1.10 bits per heavy atom. The Hall–Kier alpha value is -3.67. The number of methoxy groups -OCH3 is 1. The van der Waals surface area contributed by atoms with E-state index in [9.17, 15) is 9.59 Å². The summed E-state index contributed by atoms with van der Waals surface area (Å²) >= 11 is 0. The lowest BCUT2D eigenvalue weighted by atomic mass is 10.0. The molecule has 0 unspecified atom stereocenters. The van der Waals surface area contributed by atoms with Gasteiger partial charge >= 0.3 is 5.97 Å². The van der Waals surface area contributed by atoms with Gasteiger partial charge in [0, 0.05) is 5.56 Å². The summed E-state index contributed by atoms with van der Waals surface area (Å²) < 4.78 is 10.5. The lowest BCUT2D eigenvalue weighted by molar-refractivity contribution is -0.120. The number of hydrogen-bond acceptors (Lipinski definition) is 5. The predicted octanol–water partition coefficient (Wildman–Crippen LogP) is 4.04. The highest BCUT2D eigenvalue weighted by Gasteiger charge is 2.09. The van der Waals surface area contributed by atoms with Crippen molar-refractivity contribution in [2.75, 3.05) is 7.11 Å². The molecule has 0 atom stereocenters. The van der Waals surface area contributed by atoms with Crippen molar-refractivity contribution < 1.29 is 18.7 Å². The van der Waals surface area contributed by atoms with Crippen LogP contribution >= 0.6 is 0 Å². The average Bonchev–Trinajstić information content (AvgIpc) is 3.18. The molecule has 1 heterocycles. The minimum Gasteiger partial charge on any atom is -0.465 e. The molecular weight excluding hydrogens is 368 g/mol. The van der Waals surface area contributed by atoms with Crippen molar-refractivity contribution in [1.82, 2.24) is 5.43 Å². The van der Waals surface area contributed by atoms with Gasteiger partial charge in [-0.25, -0.2) is 10.2 Å². The molecule has 0 radical (unpaired) electrons. The Morgan fingerprint density at radius 2 is 1.93 bits per heavy atom. The molecule has 29 heavy (non-hydrogen) atoms. The van der Waals surface area contributed by atoms with Gasteiger partial charge < -0.3 is 9.15 Å². The average molecular weight is 390 g/mol. The summed E-state index contributed by atoms with van der Waals surface area (Å²) in [6.45, 7) is 4.00. The normalized spacial score (nSPS) is 10.9. The fourth-order valence-corrected chi connectivity index (χ4v) is 2.92. The fourth-order valence-electron chi connectivity index (χ4n) is 2.92. The number of furan rings is 1. The van der Waals surface area contributed by atoms with Crippen LogP contribution < -0.4 is 5.43 Å². The smallest absolute Gasteiger partial charge is 0.337 e. The highest BCUT2D eigenvalue weighted by atomic mass is 16.5. The van der Waals surface area contributed by atoms with Gasteiger partial charge in [0.25, 0.3) is 0 Å². The van der Waals surface area contributed by atoms with Crippen LogP contribution in [0.25, 0.3) is 11.3 Å². The molecule has 3 aromatic rings. The van der Waals surface area contributed by atoms with Crippen LogP contribution in [-0.4, -0.2) is 25.2 Å². The second kappa shape index (κ2) is 9.01. The molecule has 0 saturated heterocycles. The molecule has 3 rings (SSSR count). The van der Waals surface area contributed by atoms with E-state index in [1.165, 1.54) is 13.3 Å². The van der Waals surface area contributed by atoms with E-state index in [4.69, 9.17) is 9.15 Å². The van der Waals surface area contributed by atoms with Gasteiger partial charge in [-0.2, -0.15) is 5.10 Å². The molecule has 0 bridgehead atoms. The standard InChI is InChI=1S/C23H22N2O4/c1-15-7-8-17(16(2)11-15)13-22(26)25-24-14-20-9-10-21(29-20)18-5-4-6-19(12-18)23(27)28-3/h4-12,14H,13H2,1-3H3,(H,25,26)/b24-14-. The number of rotatable bonds is 6. The van der Waals surface area contributed by atoms with Crippen LogP contribution in [0.5, 0.6) is 0 Å². The molecule has 0 aliphatic heterocycles. The molecule has 0 fully saturated rings. The number of carbonyl (C=O) groups excluding carboxylic acids is 2. The number of ether oxygens (including phenoxy) is 1. The van der Waals surface area contributed by atoms with E-state index in [1.54, 1.807) is 30.3 Å². The Balaban J connectivity index is 1.62. The third kappa shape index (κ3) is 5.19. The van der Waals surface area contributed by atoms with Crippen LogP contribution in [0.4, 0.5) is 0 Å². The first-order valence-corrected chi connectivity index (χ1v) is 9.13. The molecule has 6 nitrogen and oxygen atoms in total. The third-order valence-electron chi connectivity index (χ3n) is 4.43. The Bertz CT molecular complexity index is 1070. The number of esters is 1. The summed E-state index contributed by atoms with van der Waals surface area (Å²) in [5, 5.41) is 3.96. The molecule has 1 amide bonds. The maximum atomic E-state index is 12.1. The summed E-state index contributed by atoms with van der Waals surface area (Å²) in [4.78, 5) is 23.8. The van der Waals surface area contributed by atoms with Gasteiger partial charge in [0.1, 0.15) is 11.5 Å². The summed E-state index contributed by atoms with van der Waals surface area (Å²) in [7, 11) is 1.34. The van der Waals surface area contributed by atoms with Crippen LogP contribution in [0.3, 0.4) is 0 Å². The Labute approximate surface area is 169 Å². The summed E-state index contributed by atoms with van der Waals surface area (Å²) in [5.41, 5.74) is 6.90. The lowest BCUT2D eigenvalue weighted by Crippen LogP contribution is -2.20.